The molecule has 0 aliphatic heterocycles. The van der Waals surface area contributed by atoms with Crippen LogP contribution in [0.5, 0.6) is 0 Å². The fourth-order valence-electron chi connectivity index (χ4n) is 2.21. The first-order chi connectivity index (χ1) is 13.1. The Balaban J connectivity index is -0.0000000873. The predicted molar refractivity (Wildman–Crippen MR) is 136 cm³/mol. The van der Waals surface area contributed by atoms with Crippen LogP contribution < -0.4 is 0 Å². The first kappa shape index (κ1) is 40.3. The Kier molecular flexibility index (Phi) is 50.4. The third-order valence-electron chi connectivity index (χ3n) is 4.13. The number of unbranched alkanes of at least 4 members (excludes halogenated alkanes) is 4. The van der Waals surface area contributed by atoms with Gasteiger partial charge in [-0.05, 0) is 23.7 Å². The fraction of sp³-hybridized carbons (Fsp3) is 0.857. The molecule has 0 aromatic carbocycles. The summed E-state index contributed by atoms with van der Waals surface area (Å²) >= 11 is 0. The molecule has 0 aliphatic rings. The van der Waals surface area contributed by atoms with Gasteiger partial charge in [-0.2, -0.15) is 25.7 Å². The first-order valence-electron chi connectivity index (χ1n) is 12.3. The maximum absolute atomic E-state index is 3.76. The summed E-state index contributed by atoms with van der Waals surface area (Å²) < 4.78 is 0. The van der Waals surface area contributed by atoms with Crippen LogP contribution in [-0.2, 0) is 26.2 Å². The third-order valence-corrected chi connectivity index (χ3v) is 4.13. The van der Waals surface area contributed by atoms with E-state index in [0.29, 0.717) is 0 Å². The molecule has 0 aromatic heterocycles. The summed E-state index contributed by atoms with van der Waals surface area (Å²) in [6, 6.07) is 0. The number of hydrogen-bond donors (Lipinski definition) is 0. The summed E-state index contributed by atoms with van der Waals surface area (Å²) in [5.74, 6) is 3.45. The first-order valence-corrected chi connectivity index (χ1v) is 12.3. The van der Waals surface area contributed by atoms with Crippen LogP contribution in [0.15, 0.2) is 0 Å². The molecule has 0 bridgehead atoms. The quantitative estimate of drug-likeness (QED) is 0.240. The zero-order valence-corrected chi connectivity index (χ0v) is 24.6. The van der Waals surface area contributed by atoms with Crippen molar-refractivity contribution in [1.29, 1.82) is 0 Å². The molecule has 0 rings (SSSR count). The van der Waals surface area contributed by atoms with Crippen molar-refractivity contribution in [3.8, 4) is 0 Å². The van der Waals surface area contributed by atoms with Gasteiger partial charge in [0, 0.05) is 0 Å². The Bertz CT molecular complexity index is 170. The van der Waals surface area contributed by atoms with Crippen molar-refractivity contribution in [2.24, 2.45) is 23.7 Å². The topological polar surface area (TPSA) is 0 Å². The van der Waals surface area contributed by atoms with Crippen LogP contribution in [0.3, 0.4) is 0 Å². The van der Waals surface area contributed by atoms with E-state index in [2.05, 4.69) is 83.1 Å². The Morgan fingerprint density at radius 1 is 0.379 bits per heavy atom. The van der Waals surface area contributed by atoms with E-state index in [0.717, 1.165) is 49.4 Å². The van der Waals surface area contributed by atoms with E-state index < -0.39 is 0 Å². The monoisotopic (exact) mass is 486 g/mol. The Morgan fingerprint density at radius 2 is 0.517 bits per heavy atom. The standard InChI is InChI=1S/4C7H15.Zr/c4*1-4-5-6-7(2)3;/h4*7H,1,4-6H2,2-3H3;/q4*-1;+4. The molecule has 0 spiro atoms. The van der Waals surface area contributed by atoms with Gasteiger partial charge in [-0.3, -0.25) is 0 Å². The van der Waals surface area contributed by atoms with Gasteiger partial charge in [0.05, 0.1) is 0 Å². The van der Waals surface area contributed by atoms with Gasteiger partial charge >= 0.3 is 26.2 Å². The fourth-order valence-corrected chi connectivity index (χ4v) is 2.21. The van der Waals surface area contributed by atoms with E-state index in [1.807, 2.05) is 0 Å². The summed E-state index contributed by atoms with van der Waals surface area (Å²) in [6.07, 6.45) is 14.9. The van der Waals surface area contributed by atoms with Gasteiger partial charge in [0.2, 0.25) is 0 Å². The van der Waals surface area contributed by atoms with Crippen molar-refractivity contribution in [2.45, 2.75) is 132 Å². The van der Waals surface area contributed by atoms with Crippen LogP contribution >= 0.6 is 0 Å². The molecule has 0 nitrogen and oxygen atoms in total. The normalized spacial score (nSPS) is 9.93. The van der Waals surface area contributed by atoms with E-state index in [-0.39, 0.29) is 26.2 Å². The summed E-state index contributed by atoms with van der Waals surface area (Å²) in [4.78, 5) is 0. The summed E-state index contributed by atoms with van der Waals surface area (Å²) in [7, 11) is 0. The molecule has 0 aliphatic carbocycles. The largest absolute Gasteiger partial charge is 4.00 e. The van der Waals surface area contributed by atoms with Gasteiger partial charge < -0.3 is 27.7 Å². The minimum Gasteiger partial charge on any atom is -0.343 e. The molecule has 0 amide bonds. The van der Waals surface area contributed by atoms with E-state index >= 15 is 0 Å². The van der Waals surface area contributed by atoms with Gasteiger partial charge in [-0.15, -0.1) is 0 Å². The van der Waals surface area contributed by atoms with Crippen LogP contribution in [-0.4, -0.2) is 0 Å². The number of rotatable bonds is 12. The van der Waals surface area contributed by atoms with Crippen LogP contribution in [0.1, 0.15) is 132 Å². The second-order valence-electron chi connectivity index (χ2n) is 9.56. The average Bonchev–Trinajstić information content (AvgIpc) is 2.62. The van der Waals surface area contributed by atoms with E-state index in [9.17, 15) is 0 Å². The molecule has 0 saturated carbocycles. The van der Waals surface area contributed by atoms with Gasteiger partial charge in [-0.1, -0.05) is 107 Å². The van der Waals surface area contributed by atoms with Crippen LogP contribution in [0.25, 0.3) is 0 Å². The van der Waals surface area contributed by atoms with Crippen molar-refractivity contribution in [1.82, 2.24) is 0 Å². The Morgan fingerprint density at radius 3 is 0.552 bits per heavy atom. The molecule has 0 unspecified atom stereocenters. The molecule has 0 atom stereocenters. The van der Waals surface area contributed by atoms with Crippen molar-refractivity contribution in [2.75, 3.05) is 0 Å². The maximum Gasteiger partial charge on any atom is 4.00 e. The molecular formula is C28H60Zr. The SMILES string of the molecule is [CH2-]CCCC(C)C.[CH2-]CCCC(C)C.[CH2-]CCCC(C)C.[CH2-]CCCC(C)C.[Zr+4]. The van der Waals surface area contributed by atoms with Crippen LogP contribution in [0.4, 0.5) is 0 Å². The summed E-state index contributed by atoms with van der Waals surface area (Å²) in [5.41, 5.74) is 0. The summed E-state index contributed by atoms with van der Waals surface area (Å²) in [6.45, 7) is 33.0. The van der Waals surface area contributed by atoms with Gasteiger partial charge in [0.25, 0.3) is 0 Å². The van der Waals surface area contributed by atoms with Crippen molar-refractivity contribution >= 4 is 0 Å². The van der Waals surface area contributed by atoms with Crippen LogP contribution in [0, 0.1) is 51.4 Å². The second kappa shape index (κ2) is 36.3. The summed E-state index contributed by atoms with van der Waals surface area (Å²) in [5, 5.41) is 0. The van der Waals surface area contributed by atoms with Gasteiger partial charge in [0.1, 0.15) is 0 Å². The Labute approximate surface area is 209 Å². The maximum atomic E-state index is 3.76. The van der Waals surface area contributed by atoms with Crippen molar-refractivity contribution in [3.63, 3.8) is 0 Å². The molecule has 0 aromatic rings. The van der Waals surface area contributed by atoms with Gasteiger partial charge in [-0.25, -0.2) is 0 Å². The molecular weight excluding hydrogens is 428 g/mol. The molecule has 0 heterocycles. The molecule has 1 heteroatoms. The van der Waals surface area contributed by atoms with E-state index in [1.54, 1.807) is 0 Å². The minimum atomic E-state index is 0. The Hall–Kier alpha value is 0.883. The third kappa shape index (κ3) is 73.2. The van der Waals surface area contributed by atoms with E-state index in [4.69, 9.17) is 0 Å². The average molecular weight is 488 g/mol. The molecule has 176 valence electrons. The van der Waals surface area contributed by atoms with Crippen LogP contribution in [0.2, 0.25) is 0 Å². The molecule has 0 saturated heterocycles. The van der Waals surface area contributed by atoms with E-state index in [1.165, 1.54) is 51.4 Å². The van der Waals surface area contributed by atoms with Crippen molar-refractivity contribution in [3.05, 3.63) is 27.7 Å². The molecule has 0 radical (unpaired) electrons. The molecule has 29 heavy (non-hydrogen) atoms. The smallest absolute Gasteiger partial charge is 0.343 e. The second-order valence-corrected chi connectivity index (χ2v) is 9.56. The minimum absolute atomic E-state index is 0. The number of hydrogen-bond acceptors (Lipinski definition) is 0. The zero-order valence-electron chi connectivity index (χ0n) is 22.1. The predicted octanol–water partition coefficient (Wildman–Crippen LogP) is 10.6. The molecule has 0 N–H and O–H groups in total. The molecule has 0 fully saturated rings. The van der Waals surface area contributed by atoms with Gasteiger partial charge in [0.15, 0.2) is 0 Å². The van der Waals surface area contributed by atoms with Crippen molar-refractivity contribution < 1.29 is 26.2 Å². The zero-order chi connectivity index (χ0) is 22.8.